The fraction of sp³-hybridized carbons (Fsp3) is 0.533. The summed E-state index contributed by atoms with van der Waals surface area (Å²) in [5.74, 6) is 0.317. The van der Waals surface area contributed by atoms with E-state index in [1.165, 1.54) is 5.56 Å². The molecule has 1 aromatic rings. The van der Waals surface area contributed by atoms with Crippen molar-refractivity contribution in [3.8, 4) is 0 Å². The zero-order chi connectivity index (χ0) is 12.8. The summed E-state index contributed by atoms with van der Waals surface area (Å²) in [6.45, 7) is 6.80. The van der Waals surface area contributed by atoms with Crippen molar-refractivity contribution in [2.75, 3.05) is 26.2 Å². The van der Waals surface area contributed by atoms with Crippen molar-refractivity contribution in [2.24, 2.45) is 0 Å². The molecule has 0 spiro atoms. The first-order valence-corrected chi connectivity index (χ1v) is 6.83. The maximum Gasteiger partial charge on any atom is 0.222 e. The average Bonchev–Trinajstić information content (AvgIpc) is 2.41. The maximum absolute atomic E-state index is 11.8. The Hall–Kier alpha value is -1.06. The summed E-state index contributed by atoms with van der Waals surface area (Å²) in [4.78, 5) is 16.2. The highest BCUT2D eigenvalue weighted by Crippen LogP contribution is 2.09. The summed E-state index contributed by atoms with van der Waals surface area (Å²) >= 11 is 0. The minimum atomic E-state index is 0. The number of amides is 1. The van der Waals surface area contributed by atoms with Crippen LogP contribution in [0.4, 0.5) is 0 Å². The number of carbonyl (C=O) groups excluding carboxylic acids is 1. The number of carbonyl (C=O) groups is 1. The molecule has 3 nitrogen and oxygen atoms in total. The van der Waals surface area contributed by atoms with Gasteiger partial charge in [-0.2, -0.15) is 0 Å². The Kier molecular flexibility index (Phi) is 6.89. The van der Waals surface area contributed by atoms with E-state index >= 15 is 0 Å². The predicted molar refractivity (Wildman–Crippen MR) is 80.5 cm³/mol. The molecule has 1 heterocycles. The minimum absolute atomic E-state index is 0. The molecule has 4 heteroatoms. The highest BCUT2D eigenvalue weighted by molar-refractivity contribution is 5.85. The standard InChI is InChI=1S/C15H22N2O.ClH/c1-2-6-15(18)17-11-9-16(10-12-17)13-14-7-4-3-5-8-14;/h3-5,7-8H,2,6,9-13H2,1H3;1H. The number of hydrogen-bond acceptors (Lipinski definition) is 2. The monoisotopic (exact) mass is 282 g/mol. The molecule has 1 aromatic carbocycles. The van der Waals surface area contributed by atoms with Crippen LogP contribution in [0.25, 0.3) is 0 Å². The fourth-order valence-corrected chi connectivity index (χ4v) is 2.37. The van der Waals surface area contributed by atoms with E-state index in [9.17, 15) is 4.79 Å². The third kappa shape index (κ3) is 4.84. The van der Waals surface area contributed by atoms with Crippen molar-refractivity contribution in [3.63, 3.8) is 0 Å². The van der Waals surface area contributed by atoms with Crippen LogP contribution < -0.4 is 0 Å². The quantitative estimate of drug-likeness (QED) is 0.847. The van der Waals surface area contributed by atoms with E-state index < -0.39 is 0 Å². The molecule has 0 bridgehead atoms. The van der Waals surface area contributed by atoms with Crippen molar-refractivity contribution < 1.29 is 4.79 Å². The molecule has 0 unspecified atom stereocenters. The molecule has 0 saturated carbocycles. The van der Waals surface area contributed by atoms with E-state index in [0.717, 1.165) is 39.1 Å². The van der Waals surface area contributed by atoms with E-state index in [1.807, 2.05) is 11.0 Å². The first kappa shape index (κ1) is 16.0. The molecular formula is C15H23ClN2O. The van der Waals surface area contributed by atoms with Gasteiger partial charge in [0.15, 0.2) is 0 Å². The van der Waals surface area contributed by atoms with Crippen LogP contribution in [0.5, 0.6) is 0 Å². The van der Waals surface area contributed by atoms with Crippen LogP contribution in [-0.4, -0.2) is 41.9 Å². The van der Waals surface area contributed by atoms with E-state index in [0.29, 0.717) is 12.3 Å². The fourth-order valence-electron chi connectivity index (χ4n) is 2.37. The van der Waals surface area contributed by atoms with Gasteiger partial charge in [0.2, 0.25) is 5.91 Å². The van der Waals surface area contributed by atoms with Gasteiger partial charge in [-0.25, -0.2) is 0 Å². The van der Waals surface area contributed by atoms with Crippen molar-refractivity contribution in [1.82, 2.24) is 9.80 Å². The number of rotatable bonds is 4. The second-order valence-corrected chi connectivity index (χ2v) is 4.89. The number of benzene rings is 1. The SMILES string of the molecule is CCCC(=O)N1CCN(Cc2ccccc2)CC1.Cl. The van der Waals surface area contributed by atoms with Gasteiger partial charge in [-0.05, 0) is 12.0 Å². The molecule has 0 atom stereocenters. The van der Waals surface area contributed by atoms with Crippen LogP contribution in [-0.2, 0) is 11.3 Å². The van der Waals surface area contributed by atoms with Crippen molar-refractivity contribution >= 4 is 18.3 Å². The Morgan fingerprint density at radius 2 is 1.74 bits per heavy atom. The Labute approximate surface area is 122 Å². The van der Waals surface area contributed by atoms with Crippen LogP contribution in [0.15, 0.2) is 30.3 Å². The first-order valence-electron chi connectivity index (χ1n) is 6.83. The van der Waals surface area contributed by atoms with Crippen molar-refractivity contribution in [2.45, 2.75) is 26.3 Å². The van der Waals surface area contributed by atoms with Gasteiger partial charge < -0.3 is 4.90 Å². The zero-order valence-electron chi connectivity index (χ0n) is 11.5. The highest BCUT2D eigenvalue weighted by Gasteiger charge is 2.20. The molecule has 0 N–H and O–H groups in total. The molecule has 0 aromatic heterocycles. The third-order valence-electron chi connectivity index (χ3n) is 3.44. The highest BCUT2D eigenvalue weighted by atomic mass is 35.5. The van der Waals surface area contributed by atoms with E-state index in [2.05, 4.69) is 36.1 Å². The molecule has 0 radical (unpaired) electrons. The van der Waals surface area contributed by atoms with E-state index in [4.69, 9.17) is 0 Å². The van der Waals surface area contributed by atoms with Crippen LogP contribution >= 0.6 is 12.4 Å². The largest absolute Gasteiger partial charge is 0.340 e. The van der Waals surface area contributed by atoms with Gasteiger partial charge in [-0.1, -0.05) is 37.3 Å². The Balaban J connectivity index is 0.00000180. The average molecular weight is 283 g/mol. The van der Waals surface area contributed by atoms with Gasteiger partial charge in [0.1, 0.15) is 0 Å². The minimum Gasteiger partial charge on any atom is -0.340 e. The number of hydrogen-bond donors (Lipinski definition) is 0. The Morgan fingerprint density at radius 1 is 1.11 bits per heavy atom. The normalized spacial score (nSPS) is 15.9. The van der Waals surface area contributed by atoms with Gasteiger partial charge in [0.05, 0.1) is 0 Å². The lowest BCUT2D eigenvalue weighted by molar-refractivity contribution is -0.133. The van der Waals surface area contributed by atoms with Crippen molar-refractivity contribution in [1.29, 1.82) is 0 Å². The summed E-state index contributed by atoms with van der Waals surface area (Å²) in [7, 11) is 0. The van der Waals surface area contributed by atoms with Crippen LogP contribution in [0.3, 0.4) is 0 Å². The second-order valence-electron chi connectivity index (χ2n) is 4.89. The Bertz CT molecular complexity index is 375. The van der Waals surface area contributed by atoms with Gasteiger partial charge in [0.25, 0.3) is 0 Å². The molecule has 19 heavy (non-hydrogen) atoms. The molecule has 1 saturated heterocycles. The lowest BCUT2D eigenvalue weighted by Gasteiger charge is -2.34. The second kappa shape index (κ2) is 8.18. The van der Waals surface area contributed by atoms with E-state index in [-0.39, 0.29) is 12.4 Å². The molecule has 1 aliphatic rings. The van der Waals surface area contributed by atoms with Gasteiger partial charge in [-0.3, -0.25) is 9.69 Å². The smallest absolute Gasteiger partial charge is 0.222 e. The number of piperazine rings is 1. The molecule has 1 fully saturated rings. The van der Waals surface area contributed by atoms with Gasteiger partial charge in [-0.15, -0.1) is 12.4 Å². The van der Waals surface area contributed by atoms with Crippen LogP contribution in [0.2, 0.25) is 0 Å². The van der Waals surface area contributed by atoms with Crippen molar-refractivity contribution in [3.05, 3.63) is 35.9 Å². The van der Waals surface area contributed by atoms with Gasteiger partial charge >= 0.3 is 0 Å². The number of nitrogens with zero attached hydrogens (tertiary/aromatic N) is 2. The summed E-state index contributed by atoms with van der Waals surface area (Å²) in [5, 5.41) is 0. The lowest BCUT2D eigenvalue weighted by Crippen LogP contribution is -2.48. The molecule has 1 amide bonds. The summed E-state index contributed by atoms with van der Waals surface area (Å²) < 4.78 is 0. The molecule has 1 aliphatic heterocycles. The summed E-state index contributed by atoms with van der Waals surface area (Å²) in [5.41, 5.74) is 1.35. The molecule has 106 valence electrons. The molecular weight excluding hydrogens is 260 g/mol. The van der Waals surface area contributed by atoms with Gasteiger partial charge in [0, 0.05) is 39.1 Å². The molecule has 0 aliphatic carbocycles. The summed E-state index contributed by atoms with van der Waals surface area (Å²) in [6.07, 6.45) is 1.64. The van der Waals surface area contributed by atoms with Crippen LogP contribution in [0.1, 0.15) is 25.3 Å². The van der Waals surface area contributed by atoms with E-state index in [1.54, 1.807) is 0 Å². The lowest BCUT2D eigenvalue weighted by atomic mass is 10.2. The predicted octanol–water partition coefficient (Wildman–Crippen LogP) is 2.55. The topological polar surface area (TPSA) is 23.6 Å². The third-order valence-corrected chi connectivity index (χ3v) is 3.44. The zero-order valence-corrected chi connectivity index (χ0v) is 12.4. The Morgan fingerprint density at radius 3 is 2.32 bits per heavy atom. The molecule has 2 rings (SSSR count). The van der Waals surface area contributed by atoms with Crippen LogP contribution in [0, 0.1) is 0 Å². The maximum atomic E-state index is 11.8. The first-order chi connectivity index (χ1) is 8.79. The number of halogens is 1. The summed E-state index contributed by atoms with van der Waals surface area (Å²) in [6, 6.07) is 10.5.